The predicted molar refractivity (Wildman–Crippen MR) is 88.2 cm³/mol. The Morgan fingerprint density at radius 1 is 1.04 bits per heavy atom. The van der Waals surface area contributed by atoms with Crippen LogP contribution in [0.3, 0.4) is 0 Å². The Hall–Kier alpha value is -2.05. The molecule has 134 valence electrons. The minimum atomic E-state index is -4.74. The van der Waals surface area contributed by atoms with Crippen LogP contribution in [0.5, 0.6) is 0 Å². The summed E-state index contributed by atoms with van der Waals surface area (Å²) in [6.45, 7) is 0. The lowest BCUT2D eigenvalue weighted by molar-refractivity contribution is -0.171. The van der Waals surface area contributed by atoms with Gasteiger partial charge in [-0.1, -0.05) is 18.9 Å². The molecule has 0 fully saturated rings. The maximum absolute atomic E-state index is 12.0. The molecule has 0 radical (unpaired) electrons. The molecule has 1 rings (SSSR count). The van der Waals surface area contributed by atoms with Gasteiger partial charge in [-0.25, -0.2) is 0 Å². The molecule has 7 heteroatoms. The molecule has 1 aromatic rings. The first-order chi connectivity index (χ1) is 11.2. The van der Waals surface area contributed by atoms with Gasteiger partial charge >= 0.3 is 6.18 Å². The minimum Gasteiger partial charge on any atom is -0.378 e. The summed E-state index contributed by atoms with van der Waals surface area (Å²) in [6, 6.07) is 7.44. The van der Waals surface area contributed by atoms with Gasteiger partial charge in [0.15, 0.2) is 0 Å². The number of unbranched alkanes of at least 4 members (excludes halogenated alkanes) is 3. The van der Waals surface area contributed by atoms with Crippen molar-refractivity contribution >= 4 is 23.1 Å². The van der Waals surface area contributed by atoms with E-state index >= 15 is 0 Å². The highest BCUT2D eigenvalue weighted by atomic mass is 19.4. The molecular weight excluding hydrogens is 321 g/mol. The standard InChI is InChI=1S/C17H23F3N2O2/c1-22(2)14-9-7-8-13(12-14)21-16(24)11-6-4-3-5-10-15(23)17(18,19)20/h7-9,12H,3-6,10-11H2,1-2H3,(H,21,24). The molecule has 1 N–H and O–H groups in total. The van der Waals surface area contributed by atoms with Crippen molar-refractivity contribution in [2.24, 2.45) is 0 Å². The Morgan fingerprint density at radius 3 is 2.25 bits per heavy atom. The van der Waals surface area contributed by atoms with E-state index in [9.17, 15) is 22.8 Å². The zero-order valence-electron chi connectivity index (χ0n) is 13.9. The van der Waals surface area contributed by atoms with Crippen LogP contribution in [0, 0.1) is 0 Å². The third kappa shape index (κ3) is 7.48. The van der Waals surface area contributed by atoms with Gasteiger partial charge < -0.3 is 10.2 Å². The second kappa shape index (κ2) is 9.30. The van der Waals surface area contributed by atoms with Crippen LogP contribution in [0.15, 0.2) is 24.3 Å². The number of alkyl halides is 3. The fourth-order valence-electron chi connectivity index (χ4n) is 2.15. The van der Waals surface area contributed by atoms with E-state index in [1.807, 2.05) is 37.2 Å². The molecule has 1 aromatic carbocycles. The Balaban J connectivity index is 2.21. The first kappa shape index (κ1) is 20.0. The monoisotopic (exact) mass is 344 g/mol. The lowest BCUT2D eigenvalue weighted by Crippen LogP contribution is -2.22. The number of nitrogens with one attached hydrogen (secondary N) is 1. The highest BCUT2D eigenvalue weighted by Gasteiger charge is 2.36. The number of Topliss-reactive ketones (excluding diaryl/α,β-unsaturated/α-hetero) is 1. The second-order valence-corrected chi connectivity index (χ2v) is 5.83. The van der Waals surface area contributed by atoms with E-state index in [2.05, 4.69) is 5.32 Å². The van der Waals surface area contributed by atoms with Gasteiger partial charge in [0.2, 0.25) is 11.7 Å². The van der Waals surface area contributed by atoms with E-state index < -0.39 is 18.4 Å². The van der Waals surface area contributed by atoms with Crippen molar-refractivity contribution < 1.29 is 22.8 Å². The summed E-state index contributed by atoms with van der Waals surface area (Å²) in [5.74, 6) is -1.81. The molecule has 0 bridgehead atoms. The normalized spacial score (nSPS) is 11.2. The first-order valence-corrected chi connectivity index (χ1v) is 7.87. The number of hydrogen-bond acceptors (Lipinski definition) is 3. The van der Waals surface area contributed by atoms with E-state index in [0.29, 0.717) is 31.4 Å². The van der Waals surface area contributed by atoms with Crippen LogP contribution in [0.25, 0.3) is 0 Å². The number of anilines is 2. The summed E-state index contributed by atoms with van der Waals surface area (Å²) in [4.78, 5) is 24.5. The Kier molecular flexibility index (Phi) is 7.74. The van der Waals surface area contributed by atoms with Gasteiger partial charge in [-0.15, -0.1) is 0 Å². The van der Waals surface area contributed by atoms with Crippen molar-refractivity contribution in [2.75, 3.05) is 24.3 Å². The summed E-state index contributed by atoms with van der Waals surface area (Å²) in [5.41, 5.74) is 1.68. The smallest absolute Gasteiger partial charge is 0.378 e. The molecule has 0 aliphatic heterocycles. The van der Waals surface area contributed by atoms with E-state index in [4.69, 9.17) is 0 Å². The Morgan fingerprint density at radius 2 is 1.67 bits per heavy atom. The predicted octanol–water partition coefficient (Wildman–Crippen LogP) is 4.16. The average molecular weight is 344 g/mol. The minimum absolute atomic E-state index is 0.128. The Labute approximate surface area is 140 Å². The number of benzene rings is 1. The maximum atomic E-state index is 12.0. The molecule has 0 atom stereocenters. The zero-order chi connectivity index (χ0) is 18.2. The molecule has 0 saturated heterocycles. The summed E-state index contributed by atoms with van der Waals surface area (Å²) in [6.07, 6.45) is -3.00. The van der Waals surface area contributed by atoms with Gasteiger partial charge in [0.05, 0.1) is 0 Å². The van der Waals surface area contributed by atoms with Crippen molar-refractivity contribution in [1.29, 1.82) is 0 Å². The van der Waals surface area contributed by atoms with Gasteiger partial charge in [-0.05, 0) is 31.0 Å². The van der Waals surface area contributed by atoms with Crippen LogP contribution in [0.1, 0.15) is 38.5 Å². The molecule has 4 nitrogen and oxygen atoms in total. The van der Waals surface area contributed by atoms with E-state index in [-0.39, 0.29) is 12.3 Å². The highest BCUT2D eigenvalue weighted by Crippen LogP contribution is 2.20. The van der Waals surface area contributed by atoms with Crippen molar-refractivity contribution in [2.45, 2.75) is 44.7 Å². The maximum Gasteiger partial charge on any atom is 0.449 e. The van der Waals surface area contributed by atoms with Crippen molar-refractivity contribution in [3.63, 3.8) is 0 Å². The van der Waals surface area contributed by atoms with E-state index in [1.54, 1.807) is 6.07 Å². The number of amides is 1. The van der Waals surface area contributed by atoms with Gasteiger partial charge in [-0.2, -0.15) is 13.2 Å². The third-order valence-electron chi connectivity index (χ3n) is 3.52. The molecule has 1 amide bonds. The molecule has 0 aliphatic carbocycles. The lowest BCUT2D eigenvalue weighted by atomic mass is 10.1. The van der Waals surface area contributed by atoms with Crippen LogP contribution < -0.4 is 10.2 Å². The topological polar surface area (TPSA) is 49.4 Å². The molecule has 0 aliphatic rings. The molecule has 0 unspecified atom stereocenters. The number of ketones is 1. The molecule has 0 aromatic heterocycles. The summed E-state index contributed by atoms with van der Waals surface area (Å²) in [5, 5.41) is 2.80. The van der Waals surface area contributed by atoms with Crippen LogP contribution in [-0.4, -0.2) is 32.0 Å². The van der Waals surface area contributed by atoms with Crippen LogP contribution in [0.4, 0.5) is 24.5 Å². The van der Waals surface area contributed by atoms with E-state index in [0.717, 1.165) is 5.69 Å². The third-order valence-corrected chi connectivity index (χ3v) is 3.52. The van der Waals surface area contributed by atoms with Gasteiger partial charge in [0.1, 0.15) is 0 Å². The molecule has 0 spiro atoms. The van der Waals surface area contributed by atoms with Crippen molar-refractivity contribution in [3.05, 3.63) is 24.3 Å². The molecule has 0 saturated carbocycles. The highest BCUT2D eigenvalue weighted by molar-refractivity contribution is 5.91. The molecular formula is C17H23F3N2O2. The Bertz CT molecular complexity index is 557. The van der Waals surface area contributed by atoms with Crippen LogP contribution in [-0.2, 0) is 9.59 Å². The lowest BCUT2D eigenvalue weighted by Gasteiger charge is -2.14. The number of carbonyl (C=O) groups excluding carboxylic acids is 2. The van der Waals surface area contributed by atoms with Gasteiger partial charge in [0.25, 0.3) is 0 Å². The van der Waals surface area contributed by atoms with Gasteiger partial charge in [-0.3, -0.25) is 9.59 Å². The fraction of sp³-hybridized carbons (Fsp3) is 0.529. The zero-order valence-corrected chi connectivity index (χ0v) is 13.9. The SMILES string of the molecule is CN(C)c1cccc(NC(=O)CCCCCCC(=O)C(F)(F)F)c1. The number of hydrogen-bond donors (Lipinski definition) is 1. The quantitative estimate of drug-likeness (QED) is 0.684. The summed E-state index contributed by atoms with van der Waals surface area (Å²) >= 11 is 0. The number of rotatable bonds is 9. The largest absolute Gasteiger partial charge is 0.449 e. The molecule has 0 heterocycles. The second-order valence-electron chi connectivity index (χ2n) is 5.83. The van der Waals surface area contributed by atoms with Gasteiger partial charge in [0, 0.05) is 38.3 Å². The van der Waals surface area contributed by atoms with Crippen molar-refractivity contribution in [3.8, 4) is 0 Å². The summed E-state index contributed by atoms with van der Waals surface area (Å²) < 4.78 is 36.0. The first-order valence-electron chi connectivity index (χ1n) is 7.87. The number of halogens is 3. The average Bonchev–Trinajstić information content (AvgIpc) is 2.49. The number of nitrogens with zero attached hydrogens (tertiary/aromatic N) is 1. The van der Waals surface area contributed by atoms with Crippen LogP contribution >= 0.6 is 0 Å². The van der Waals surface area contributed by atoms with E-state index in [1.165, 1.54) is 0 Å². The molecule has 24 heavy (non-hydrogen) atoms. The fourth-order valence-corrected chi connectivity index (χ4v) is 2.15. The van der Waals surface area contributed by atoms with Crippen molar-refractivity contribution in [1.82, 2.24) is 0 Å². The summed E-state index contributed by atoms with van der Waals surface area (Å²) in [7, 11) is 3.81. The van der Waals surface area contributed by atoms with Crippen LogP contribution in [0.2, 0.25) is 0 Å². The number of carbonyl (C=O) groups is 2.